The number of unbranched alkanes of at least 4 members (excludes halogenated alkanes) is 3. The molecule has 0 atom stereocenters. The summed E-state index contributed by atoms with van der Waals surface area (Å²) in [5, 5.41) is 0.135. The van der Waals surface area contributed by atoms with Crippen molar-refractivity contribution in [3.8, 4) is 11.8 Å². The van der Waals surface area contributed by atoms with Crippen molar-refractivity contribution < 1.29 is 4.39 Å². The second kappa shape index (κ2) is 6.48. The van der Waals surface area contributed by atoms with Gasteiger partial charge in [0.1, 0.15) is 5.82 Å². The molecule has 0 aromatic heterocycles. The number of rotatable bonds is 3. The SMILES string of the molecule is CCCCCC#Cc1ccc(F)c(Cl)c1. The Kier molecular flexibility index (Phi) is 5.21. The molecule has 80 valence electrons. The summed E-state index contributed by atoms with van der Waals surface area (Å²) in [6.45, 7) is 2.16. The van der Waals surface area contributed by atoms with Crippen molar-refractivity contribution in [1.82, 2.24) is 0 Å². The van der Waals surface area contributed by atoms with E-state index in [1.807, 2.05) is 0 Å². The highest BCUT2D eigenvalue weighted by molar-refractivity contribution is 6.30. The van der Waals surface area contributed by atoms with Crippen LogP contribution in [-0.4, -0.2) is 0 Å². The van der Waals surface area contributed by atoms with Gasteiger partial charge in [-0.15, -0.1) is 0 Å². The Bertz CT molecular complexity index is 374. The summed E-state index contributed by atoms with van der Waals surface area (Å²) in [5.41, 5.74) is 0.776. The van der Waals surface area contributed by atoms with Crippen molar-refractivity contribution in [2.45, 2.75) is 32.6 Å². The Morgan fingerprint density at radius 1 is 1.33 bits per heavy atom. The molecule has 0 saturated carbocycles. The maximum atomic E-state index is 12.8. The van der Waals surface area contributed by atoms with Crippen molar-refractivity contribution >= 4 is 11.6 Å². The van der Waals surface area contributed by atoms with E-state index in [9.17, 15) is 4.39 Å². The molecule has 15 heavy (non-hydrogen) atoms. The average molecular weight is 225 g/mol. The van der Waals surface area contributed by atoms with Crippen LogP contribution in [0.3, 0.4) is 0 Å². The lowest BCUT2D eigenvalue weighted by atomic mass is 10.2. The van der Waals surface area contributed by atoms with E-state index in [4.69, 9.17) is 11.6 Å². The quantitative estimate of drug-likeness (QED) is 0.527. The maximum Gasteiger partial charge on any atom is 0.141 e. The minimum atomic E-state index is -0.395. The van der Waals surface area contributed by atoms with E-state index in [1.165, 1.54) is 18.9 Å². The molecule has 0 aliphatic carbocycles. The van der Waals surface area contributed by atoms with E-state index in [0.29, 0.717) is 0 Å². The lowest BCUT2D eigenvalue weighted by molar-refractivity contribution is 0.628. The molecule has 2 heteroatoms. The highest BCUT2D eigenvalue weighted by Gasteiger charge is 1.97. The van der Waals surface area contributed by atoms with Gasteiger partial charge in [-0.1, -0.05) is 43.2 Å². The summed E-state index contributed by atoms with van der Waals surface area (Å²) in [5.74, 6) is 5.63. The lowest BCUT2D eigenvalue weighted by Gasteiger charge is -1.94. The topological polar surface area (TPSA) is 0 Å². The fourth-order valence-electron chi connectivity index (χ4n) is 1.20. The van der Waals surface area contributed by atoms with Crippen LogP contribution in [0.5, 0.6) is 0 Å². The third-order valence-corrected chi connectivity index (χ3v) is 2.35. The summed E-state index contributed by atoms with van der Waals surface area (Å²) in [6, 6.07) is 4.55. The molecule has 0 heterocycles. The van der Waals surface area contributed by atoms with Crippen LogP contribution >= 0.6 is 11.6 Å². The normalized spacial score (nSPS) is 9.53. The Morgan fingerprint density at radius 3 is 2.80 bits per heavy atom. The third-order valence-electron chi connectivity index (χ3n) is 2.06. The molecular formula is C13H14ClF. The molecule has 0 amide bonds. The molecule has 0 aliphatic heterocycles. The first-order chi connectivity index (χ1) is 7.24. The first-order valence-electron chi connectivity index (χ1n) is 5.18. The van der Waals surface area contributed by atoms with Gasteiger partial charge in [0, 0.05) is 12.0 Å². The summed E-state index contributed by atoms with van der Waals surface area (Å²) in [6.07, 6.45) is 4.42. The van der Waals surface area contributed by atoms with E-state index >= 15 is 0 Å². The monoisotopic (exact) mass is 224 g/mol. The van der Waals surface area contributed by atoms with Crippen molar-refractivity contribution in [3.05, 3.63) is 34.6 Å². The molecule has 1 aromatic rings. The second-order valence-corrected chi connectivity index (χ2v) is 3.79. The van der Waals surface area contributed by atoms with Gasteiger partial charge in [-0.25, -0.2) is 4.39 Å². The Hall–Kier alpha value is -1.00. The average Bonchev–Trinajstić information content (AvgIpc) is 2.23. The third kappa shape index (κ3) is 4.36. The largest absolute Gasteiger partial charge is 0.205 e. The zero-order valence-corrected chi connectivity index (χ0v) is 9.57. The minimum Gasteiger partial charge on any atom is -0.205 e. The zero-order chi connectivity index (χ0) is 11.1. The molecule has 0 bridgehead atoms. The van der Waals surface area contributed by atoms with Crippen molar-refractivity contribution in [2.24, 2.45) is 0 Å². The number of benzene rings is 1. The lowest BCUT2D eigenvalue weighted by Crippen LogP contribution is -1.79. The van der Waals surface area contributed by atoms with Gasteiger partial charge in [0.05, 0.1) is 5.02 Å². The van der Waals surface area contributed by atoms with Gasteiger partial charge in [0.2, 0.25) is 0 Å². The van der Waals surface area contributed by atoms with E-state index in [0.717, 1.165) is 18.4 Å². The van der Waals surface area contributed by atoms with Gasteiger partial charge in [0.15, 0.2) is 0 Å². The van der Waals surface area contributed by atoms with Gasteiger partial charge < -0.3 is 0 Å². The minimum absolute atomic E-state index is 0.135. The number of hydrogen-bond donors (Lipinski definition) is 0. The molecule has 0 spiro atoms. The molecule has 0 N–H and O–H groups in total. The summed E-state index contributed by atoms with van der Waals surface area (Å²) < 4.78 is 12.8. The van der Waals surface area contributed by atoms with Crippen LogP contribution in [0.15, 0.2) is 18.2 Å². The zero-order valence-electron chi connectivity index (χ0n) is 8.82. The number of halogens is 2. The number of hydrogen-bond acceptors (Lipinski definition) is 0. The smallest absolute Gasteiger partial charge is 0.141 e. The van der Waals surface area contributed by atoms with E-state index in [-0.39, 0.29) is 5.02 Å². The predicted octanol–water partition coefficient (Wildman–Crippen LogP) is 4.41. The summed E-state index contributed by atoms with van der Waals surface area (Å²) >= 11 is 5.63. The molecule has 0 unspecified atom stereocenters. The summed E-state index contributed by atoms with van der Waals surface area (Å²) in [7, 11) is 0. The molecular weight excluding hydrogens is 211 g/mol. The molecule has 0 saturated heterocycles. The van der Waals surface area contributed by atoms with Crippen LogP contribution in [0.1, 0.15) is 38.2 Å². The Balaban J connectivity index is 2.53. The van der Waals surface area contributed by atoms with Gasteiger partial charge in [0.25, 0.3) is 0 Å². The van der Waals surface area contributed by atoms with Crippen molar-refractivity contribution in [1.29, 1.82) is 0 Å². The molecule has 0 aliphatic rings. The molecule has 0 fully saturated rings. The summed E-state index contributed by atoms with van der Waals surface area (Å²) in [4.78, 5) is 0. The standard InChI is InChI=1S/C13H14ClF/c1-2-3-4-5-6-7-11-8-9-13(15)12(14)10-11/h8-10H,2-5H2,1H3. The van der Waals surface area contributed by atoms with Crippen molar-refractivity contribution in [2.75, 3.05) is 0 Å². The first-order valence-corrected chi connectivity index (χ1v) is 5.55. The predicted molar refractivity (Wildman–Crippen MR) is 62.4 cm³/mol. The Labute approximate surface area is 95.5 Å². The highest BCUT2D eigenvalue weighted by atomic mass is 35.5. The van der Waals surface area contributed by atoms with Crippen LogP contribution in [0.2, 0.25) is 5.02 Å². The molecule has 0 radical (unpaired) electrons. The molecule has 1 aromatic carbocycles. The first kappa shape index (κ1) is 12.1. The fraction of sp³-hybridized carbons (Fsp3) is 0.385. The molecule has 1 rings (SSSR count). The van der Waals surface area contributed by atoms with Gasteiger partial charge in [-0.2, -0.15) is 0 Å². The van der Waals surface area contributed by atoms with Crippen LogP contribution in [0, 0.1) is 17.7 Å². The van der Waals surface area contributed by atoms with E-state index in [2.05, 4.69) is 18.8 Å². The van der Waals surface area contributed by atoms with E-state index in [1.54, 1.807) is 12.1 Å². The fourth-order valence-corrected chi connectivity index (χ4v) is 1.38. The van der Waals surface area contributed by atoms with Crippen molar-refractivity contribution in [3.63, 3.8) is 0 Å². The van der Waals surface area contributed by atoms with Gasteiger partial charge in [-0.05, 0) is 24.6 Å². The highest BCUT2D eigenvalue weighted by Crippen LogP contribution is 2.15. The van der Waals surface area contributed by atoms with Crippen LogP contribution < -0.4 is 0 Å². The Morgan fingerprint density at radius 2 is 2.13 bits per heavy atom. The second-order valence-electron chi connectivity index (χ2n) is 3.39. The van der Waals surface area contributed by atoms with E-state index < -0.39 is 5.82 Å². The molecule has 0 nitrogen and oxygen atoms in total. The van der Waals surface area contributed by atoms with Gasteiger partial charge in [-0.3, -0.25) is 0 Å². The van der Waals surface area contributed by atoms with Crippen LogP contribution in [0.25, 0.3) is 0 Å². The van der Waals surface area contributed by atoms with Crippen LogP contribution in [0.4, 0.5) is 4.39 Å². The van der Waals surface area contributed by atoms with Gasteiger partial charge >= 0.3 is 0 Å². The van der Waals surface area contributed by atoms with Crippen LogP contribution in [-0.2, 0) is 0 Å². The maximum absolute atomic E-state index is 12.8.